The molecular formula is C13H19BrN2O2S. The van der Waals surface area contributed by atoms with Crippen LogP contribution in [0.15, 0.2) is 33.6 Å². The third-order valence-corrected chi connectivity index (χ3v) is 6.02. The summed E-state index contributed by atoms with van der Waals surface area (Å²) < 4.78 is 28.1. The maximum absolute atomic E-state index is 12.3. The van der Waals surface area contributed by atoms with Crippen LogP contribution >= 0.6 is 15.9 Å². The SMILES string of the molecule is CCN1CCC(NS(=O)(=O)c2ccccc2Br)CC1. The van der Waals surface area contributed by atoms with Crippen LogP contribution in [-0.2, 0) is 10.0 Å². The Balaban J connectivity index is 2.05. The van der Waals surface area contributed by atoms with Crippen LogP contribution in [-0.4, -0.2) is 39.0 Å². The van der Waals surface area contributed by atoms with E-state index in [1.165, 1.54) is 0 Å². The van der Waals surface area contributed by atoms with Crippen LogP contribution in [0.5, 0.6) is 0 Å². The van der Waals surface area contributed by atoms with Crippen molar-refractivity contribution < 1.29 is 8.42 Å². The van der Waals surface area contributed by atoms with Gasteiger partial charge >= 0.3 is 0 Å². The van der Waals surface area contributed by atoms with Gasteiger partial charge in [-0.05, 0) is 60.5 Å². The highest BCUT2D eigenvalue weighted by Crippen LogP contribution is 2.22. The summed E-state index contributed by atoms with van der Waals surface area (Å²) in [6.07, 6.45) is 1.75. The van der Waals surface area contributed by atoms with Gasteiger partial charge in [-0.1, -0.05) is 19.1 Å². The van der Waals surface area contributed by atoms with Crippen molar-refractivity contribution in [3.63, 3.8) is 0 Å². The molecule has 2 rings (SSSR count). The molecule has 1 fully saturated rings. The van der Waals surface area contributed by atoms with Crippen LogP contribution < -0.4 is 4.72 Å². The first-order valence-corrected chi connectivity index (χ1v) is 8.80. The molecule has 1 heterocycles. The number of nitrogens with one attached hydrogen (secondary N) is 1. The molecule has 1 aliphatic heterocycles. The first kappa shape index (κ1) is 15.0. The summed E-state index contributed by atoms with van der Waals surface area (Å²) in [7, 11) is -3.43. The van der Waals surface area contributed by atoms with E-state index in [9.17, 15) is 8.42 Å². The van der Waals surface area contributed by atoms with Crippen molar-refractivity contribution in [2.24, 2.45) is 0 Å². The number of piperidine rings is 1. The number of sulfonamides is 1. The number of benzene rings is 1. The molecule has 1 saturated heterocycles. The van der Waals surface area contributed by atoms with E-state index in [1.54, 1.807) is 18.2 Å². The lowest BCUT2D eigenvalue weighted by molar-refractivity contribution is 0.217. The Kier molecular flexibility index (Phi) is 5.00. The Bertz CT molecular complexity index is 525. The Hall–Kier alpha value is -0.430. The molecule has 4 nitrogen and oxygen atoms in total. The molecule has 1 aliphatic rings. The monoisotopic (exact) mass is 346 g/mol. The van der Waals surface area contributed by atoms with Gasteiger partial charge in [0.15, 0.2) is 0 Å². The predicted octanol–water partition coefficient (Wildman–Crippen LogP) is 2.21. The lowest BCUT2D eigenvalue weighted by Crippen LogP contribution is -2.44. The van der Waals surface area contributed by atoms with E-state index in [0.717, 1.165) is 32.5 Å². The van der Waals surface area contributed by atoms with Crippen LogP contribution in [0, 0.1) is 0 Å². The highest BCUT2D eigenvalue weighted by Gasteiger charge is 2.25. The van der Waals surface area contributed by atoms with Crippen molar-refractivity contribution in [1.29, 1.82) is 0 Å². The third kappa shape index (κ3) is 3.78. The molecule has 0 atom stereocenters. The zero-order valence-corrected chi connectivity index (χ0v) is 13.4. The Morgan fingerprint density at radius 2 is 1.95 bits per heavy atom. The molecule has 19 heavy (non-hydrogen) atoms. The molecule has 6 heteroatoms. The van der Waals surface area contributed by atoms with E-state index < -0.39 is 10.0 Å². The van der Waals surface area contributed by atoms with Gasteiger partial charge in [0.2, 0.25) is 10.0 Å². The molecule has 0 aliphatic carbocycles. The smallest absolute Gasteiger partial charge is 0.241 e. The average molecular weight is 347 g/mol. The number of nitrogens with zero attached hydrogens (tertiary/aromatic N) is 1. The van der Waals surface area contributed by atoms with Gasteiger partial charge in [0.25, 0.3) is 0 Å². The summed E-state index contributed by atoms with van der Waals surface area (Å²) in [4.78, 5) is 2.65. The minimum absolute atomic E-state index is 0.0416. The van der Waals surface area contributed by atoms with E-state index in [0.29, 0.717) is 9.37 Å². The van der Waals surface area contributed by atoms with Gasteiger partial charge in [0.05, 0.1) is 4.90 Å². The normalized spacial score (nSPS) is 18.6. The van der Waals surface area contributed by atoms with E-state index in [2.05, 4.69) is 32.5 Å². The molecule has 0 unspecified atom stereocenters. The summed E-state index contributed by atoms with van der Waals surface area (Å²) in [5, 5.41) is 0. The van der Waals surface area contributed by atoms with Crippen LogP contribution in [0.2, 0.25) is 0 Å². The van der Waals surface area contributed by atoms with Crippen LogP contribution in [0.4, 0.5) is 0 Å². The minimum Gasteiger partial charge on any atom is -0.303 e. The van der Waals surface area contributed by atoms with E-state index >= 15 is 0 Å². The van der Waals surface area contributed by atoms with Gasteiger partial charge < -0.3 is 4.90 Å². The number of hydrogen-bond donors (Lipinski definition) is 1. The Morgan fingerprint density at radius 3 is 2.53 bits per heavy atom. The number of hydrogen-bond acceptors (Lipinski definition) is 3. The molecule has 0 saturated carbocycles. The van der Waals surface area contributed by atoms with Crippen molar-refractivity contribution in [1.82, 2.24) is 9.62 Å². The maximum atomic E-state index is 12.3. The van der Waals surface area contributed by atoms with Gasteiger partial charge in [0, 0.05) is 10.5 Å². The molecule has 0 radical (unpaired) electrons. The molecule has 1 N–H and O–H groups in total. The molecule has 0 amide bonds. The van der Waals surface area contributed by atoms with Gasteiger partial charge in [-0.25, -0.2) is 13.1 Å². The summed E-state index contributed by atoms with van der Waals surface area (Å²) in [6.45, 7) is 5.08. The number of likely N-dealkylation sites (tertiary alicyclic amines) is 1. The van der Waals surface area contributed by atoms with Gasteiger partial charge in [-0.15, -0.1) is 0 Å². The van der Waals surface area contributed by atoms with E-state index in [1.807, 2.05) is 6.07 Å². The summed E-state index contributed by atoms with van der Waals surface area (Å²) in [5.74, 6) is 0. The fourth-order valence-electron chi connectivity index (χ4n) is 2.31. The number of halogens is 1. The zero-order chi connectivity index (χ0) is 13.9. The Labute approximate surface area is 123 Å². The third-order valence-electron chi connectivity index (χ3n) is 3.48. The topological polar surface area (TPSA) is 49.4 Å². The van der Waals surface area contributed by atoms with E-state index in [-0.39, 0.29) is 6.04 Å². The lowest BCUT2D eigenvalue weighted by Gasteiger charge is -2.31. The van der Waals surface area contributed by atoms with Crippen LogP contribution in [0.25, 0.3) is 0 Å². The summed E-state index contributed by atoms with van der Waals surface area (Å²) in [5.41, 5.74) is 0. The molecule has 1 aromatic rings. The minimum atomic E-state index is -3.43. The van der Waals surface area contributed by atoms with Crippen LogP contribution in [0.3, 0.4) is 0 Å². The molecule has 0 spiro atoms. The molecule has 106 valence electrons. The first-order chi connectivity index (χ1) is 9.03. The molecular weight excluding hydrogens is 328 g/mol. The van der Waals surface area contributed by atoms with Crippen molar-refractivity contribution in [2.75, 3.05) is 19.6 Å². The summed E-state index contributed by atoms with van der Waals surface area (Å²) >= 11 is 3.29. The van der Waals surface area contributed by atoms with Crippen molar-refractivity contribution >= 4 is 26.0 Å². The quantitative estimate of drug-likeness (QED) is 0.909. The van der Waals surface area contributed by atoms with Gasteiger partial charge in [-0.2, -0.15) is 0 Å². The van der Waals surface area contributed by atoms with Crippen LogP contribution in [0.1, 0.15) is 19.8 Å². The highest BCUT2D eigenvalue weighted by molar-refractivity contribution is 9.10. The fraction of sp³-hybridized carbons (Fsp3) is 0.538. The second-order valence-corrected chi connectivity index (χ2v) is 7.30. The lowest BCUT2D eigenvalue weighted by atomic mass is 10.1. The Morgan fingerprint density at radius 1 is 1.32 bits per heavy atom. The zero-order valence-electron chi connectivity index (χ0n) is 11.0. The van der Waals surface area contributed by atoms with Gasteiger partial charge in [-0.3, -0.25) is 0 Å². The predicted molar refractivity (Wildman–Crippen MR) is 79.6 cm³/mol. The molecule has 0 bridgehead atoms. The standard InChI is InChI=1S/C13H19BrN2O2S/c1-2-16-9-7-11(8-10-16)15-19(17,18)13-6-4-3-5-12(13)14/h3-6,11,15H,2,7-10H2,1H3. The fourth-order valence-corrected chi connectivity index (χ4v) is 4.62. The number of rotatable bonds is 4. The highest BCUT2D eigenvalue weighted by atomic mass is 79.9. The largest absolute Gasteiger partial charge is 0.303 e. The van der Waals surface area contributed by atoms with E-state index in [4.69, 9.17) is 0 Å². The maximum Gasteiger partial charge on any atom is 0.241 e. The van der Waals surface area contributed by atoms with Gasteiger partial charge in [0.1, 0.15) is 0 Å². The van der Waals surface area contributed by atoms with Crippen molar-refractivity contribution in [2.45, 2.75) is 30.7 Å². The first-order valence-electron chi connectivity index (χ1n) is 6.52. The van der Waals surface area contributed by atoms with Crippen molar-refractivity contribution in [3.8, 4) is 0 Å². The second kappa shape index (κ2) is 6.35. The average Bonchev–Trinajstić information content (AvgIpc) is 2.39. The molecule has 0 aromatic heterocycles. The summed E-state index contributed by atoms with van der Waals surface area (Å²) in [6, 6.07) is 6.95. The molecule has 1 aromatic carbocycles. The van der Waals surface area contributed by atoms with Crippen molar-refractivity contribution in [3.05, 3.63) is 28.7 Å². The second-order valence-electron chi connectivity index (χ2n) is 4.76.